The fraction of sp³-hybridized carbons (Fsp3) is 0.690. The average molecular weight is 459 g/mol. The number of carboxylic acids is 1. The zero-order chi connectivity index (χ0) is 24.6. The molecular weight excluding hydrogens is 412 g/mol. The fourth-order valence-corrected chi connectivity index (χ4v) is 4.68. The van der Waals surface area contributed by atoms with E-state index in [1.165, 1.54) is 24.8 Å². The van der Waals surface area contributed by atoms with E-state index in [2.05, 4.69) is 60.6 Å². The lowest BCUT2D eigenvalue weighted by atomic mass is 9.86. The van der Waals surface area contributed by atoms with Gasteiger partial charge >= 0.3 is 5.97 Å². The molecule has 186 valence electrons. The predicted octanol–water partition coefficient (Wildman–Crippen LogP) is 7.74. The first kappa shape index (κ1) is 27.3. The van der Waals surface area contributed by atoms with Crippen molar-refractivity contribution in [2.75, 3.05) is 6.61 Å². The summed E-state index contributed by atoms with van der Waals surface area (Å²) in [4.78, 5) is 10.7. The summed E-state index contributed by atoms with van der Waals surface area (Å²) in [6.45, 7) is 16.0. The number of rotatable bonds is 13. The summed E-state index contributed by atoms with van der Waals surface area (Å²) < 4.78 is 12.7. The van der Waals surface area contributed by atoms with Gasteiger partial charge in [0, 0.05) is 12.0 Å². The van der Waals surface area contributed by atoms with Gasteiger partial charge in [0.2, 0.25) is 0 Å². The molecule has 1 unspecified atom stereocenters. The molecule has 0 saturated heterocycles. The van der Waals surface area contributed by atoms with E-state index < -0.39 is 5.97 Å². The number of ether oxygens (including phenoxy) is 2. The van der Waals surface area contributed by atoms with E-state index >= 15 is 0 Å². The first-order chi connectivity index (χ1) is 15.5. The van der Waals surface area contributed by atoms with Crippen LogP contribution in [0.1, 0.15) is 101 Å². The summed E-state index contributed by atoms with van der Waals surface area (Å²) in [7, 11) is 0. The quantitative estimate of drug-likeness (QED) is 0.243. The molecule has 1 aromatic carbocycles. The number of fused-ring (bicyclic) bond motifs is 1. The second kappa shape index (κ2) is 12.5. The minimum atomic E-state index is -0.748. The van der Waals surface area contributed by atoms with E-state index in [0.717, 1.165) is 59.8 Å². The van der Waals surface area contributed by atoms with E-state index in [1.54, 1.807) is 0 Å². The Morgan fingerprint density at radius 3 is 2.48 bits per heavy atom. The average Bonchev–Trinajstić information content (AvgIpc) is 2.73. The fourth-order valence-electron chi connectivity index (χ4n) is 4.68. The number of allylic oxidation sites excluding steroid dienone is 1. The largest absolute Gasteiger partial charge is 0.493 e. The van der Waals surface area contributed by atoms with Gasteiger partial charge in [-0.2, -0.15) is 0 Å². The summed E-state index contributed by atoms with van der Waals surface area (Å²) in [5.74, 6) is 2.72. The molecule has 0 spiro atoms. The van der Waals surface area contributed by atoms with Crippen molar-refractivity contribution in [1.29, 1.82) is 0 Å². The molecule has 4 nitrogen and oxygen atoms in total. The Morgan fingerprint density at radius 1 is 1.09 bits per heavy atom. The summed E-state index contributed by atoms with van der Waals surface area (Å²) >= 11 is 0. The zero-order valence-corrected chi connectivity index (χ0v) is 22.1. The SMILES string of the molecule is Cc1c(C)c2c(c(C)c1OCCCCC(=O)O)CC[C@](C)(/C=C/CC(C)CCCC(C)C)O2. The lowest BCUT2D eigenvalue weighted by Gasteiger charge is -2.36. The molecule has 1 N–H and O–H groups in total. The molecule has 1 aliphatic rings. The topological polar surface area (TPSA) is 55.8 Å². The molecule has 0 radical (unpaired) electrons. The van der Waals surface area contributed by atoms with Crippen LogP contribution in [0.3, 0.4) is 0 Å². The Balaban J connectivity index is 2.02. The molecule has 4 heteroatoms. The van der Waals surface area contributed by atoms with Crippen LogP contribution < -0.4 is 9.47 Å². The summed E-state index contributed by atoms with van der Waals surface area (Å²) in [6.07, 6.45) is 13.2. The molecule has 1 heterocycles. The Morgan fingerprint density at radius 2 is 1.82 bits per heavy atom. The summed E-state index contributed by atoms with van der Waals surface area (Å²) in [5.41, 5.74) is 4.42. The van der Waals surface area contributed by atoms with Gasteiger partial charge in [-0.1, -0.05) is 46.1 Å². The Labute approximate surface area is 201 Å². The number of hydrogen-bond donors (Lipinski definition) is 1. The molecule has 0 aliphatic carbocycles. The number of carboxylic acid groups (broad SMARTS) is 1. The molecule has 33 heavy (non-hydrogen) atoms. The molecular formula is C29H46O4. The van der Waals surface area contributed by atoms with E-state index in [-0.39, 0.29) is 12.0 Å². The Kier molecular flexibility index (Phi) is 10.3. The normalized spacial score (nSPS) is 18.9. The van der Waals surface area contributed by atoms with Crippen LogP contribution in [0.25, 0.3) is 0 Å². The zero-order valence-electron chi connectivity index (χ0n) is 22.1. The van der Waals surface area contributed by atoms with Gasteiger partial charge in [-0.25, -0.2) is 0 Å². The highest BCUT2D eigenvalue weighted by Gasteiger charge is 2.32. The van der Waals surface area contributed by atoms with Crippen LogP contribution >= 0.6 is 0 Å². The van der Waals surface area contributed by atoms with Gasteiger partial charge in [0.1, 0.15) is 17.1 Å². The highest BCUT2D eigenvalue weighted by molar-refractivity contribution is 5.66. The number of carbonyl (C=O) groups is 1. The first-order valence-corrected chi connectivity index (χ1v) is 12.9. The van der Waals surface area contributed by atoms with Crippen LogP contribution in [0.5, 0.6) is 11.5 Å². The van der Waals surface area contributed by atoms with E-state index in [1.807, 2.05) is 0 Å². The highest BCUT2D eigenvalue weighted by atomic mass is 16.5. The molecule has 2 rings (SSSR count). The summed E-state index contributed by atoms with van der Waals surface area (Å²) in [6, 6.07) is 0. The molecule has 1 aromatic rings. The van der Waals surface area contributed by atoms with Crippen molar-refractivity contribution in [3.05, 3.63) is 34.4 Å². The first-order valence-electron chi connectivity index (χ1n) is 12.9. The maximum absolute atomic E-state index is 10.7. The second-order valence-electron chi connectivity index (χ2n) is 10.7. The van der Waals surface area contributed by atoms with Crippen LogP contribution in [0.15, 0.2) is 12.2 Å². The van der Waals surface area contributed by atoms with Crippen molar-refractivity contribution >= 4 is 5.97 Å². The third kappa shape index (κ3) is 8.08. The van der Waals surface area contributed by atoms with Crippen molar-refractivity contribution < 1.29 is 19.4 Å². The van der Waals surface area contributed by atoms with Gasteiger partial charge in [0.05, 0.1) is 6.61 Å². The van der Waals surface area contributed by atoms with E-state index in [4.69, 9.17) is 14.6 Å². The van der Waals surface area contributed by atoms with Gasteiger partial charge < -0.3 is 14.6 Å². The maximum atomic E-state index is 10.7. The third-order valence-electron chi connectivity index (χ3n) is 7.04. The lowest BCUT2D eigenvalue weighted by Crippen LogP contribution is -2.35. The van der Waals surface area contributed by atoms with Gasteiger partial charge in [-0.05, 0) is 94.4 Å². The number of aliphatic carboxylic acids is 1. The van der Waals surface area contributed by atoms with Gasteiger partial charge in [-0.3, -0.25) is 4.79 Å². The second-order valence-corrected chi connectivity index (χ2v) is 10.7. The van der Waals surface area contributed by atoms with Gasteiger partial charge in [0.15, 0.2) is 0 Å². The molecule has 0 saturated carbocycles. The number of unbranched alkanes of at least 4 members (excludes halogenated alkanes) is 1. The van der Waals surface area contributed by atoms with Crippen molar-refractivity contribution in [3.63, 3.8) is 0 Å². The predicted molar refractivity (Wildman–Crippen MR) is 137 cm³/mol. The summed E-state index contributed by atoms with van der Waals surface area (Å²) in [5, 5.41) is 8.80. The van der Waals surface area contributed by atoms with E-state index in [9.17, 15) is 4.79 Å². The Bertz CT molecular complexity index is 824. The highest BCUT2D eigenvalue weighted by Crippen LogP contribution is 2.44. The molecule has 1 aliphatic heterocycles. The van der Waals surface area contributed by atoms with Crippen LogP contribution in [0, 0.1) is 32.6 Å². The molecule has 0 aromatic heterocycles. The third-order valence-corrected chi connectivity index (χ3v) is 7.04. The number of benzene rings is 1. The molecule has 2 atom stereocenters. The Hall–Kier alpha value is -1.97. The minimum Gasteiger partial charge on any atom is -0.493 e. The smallest absolute Gasteiger partial charge is 0.303 e. The molecule has 0 amide bonds. The molecule has 0 fully saturated rings. The van der Waals surface area contributed by atoms with Gasteiger partial charge in [0.25, 0.3) is 0 Å². The van der Waals surface area contributed by atoms with Crippen molar-refractivity contribution in [1.82, 2.24) is 0 Å². The van der Waals surface area contributed by atoms with Gasteiger partial charge in [-0.15, -0.1) is 0 Å². The lowest BCUT2D eigenvalue weighted by molar-refractivity contribution is -0.137. The van der Waals surface area contributed by atoms with Crippen molar-refractivity contribution in [2.24, 2.45) is 11.8 Å². The van der Waals surface area contributed by atoms with Crippen LogP contribution in [-0.4, -0.2) is 23.3 Å². The number of hydrogen-bond acceptors (Lipinski definition) is 3. The monoisotopic (exact) mass is 458 g/mol. The van der Waals surface area contributed by atoms with Crippen LogP contribution in [0.4, 0.5) is 0 Å². The molecule has 0 bridgehead atoms. The van der Waals surface area contributed by atoms with E-state index in [0.29, 0.717) is 18.9 Å². The standard InChI is InChI=1S/C29H46O4/c1-20(2)12-10-13-21(3)14-11-17-29(7)18-16-25-24(6)27(22(4)23(5)28(25)33-29)32-19-9-8-15-26(30)31/h11,17,20-21H,8-10,12-16,18-19H2,1-7H3,(H,30,31)/b17-11+/t21?,29-/m0/s1. The minimum absolute atomic E-state index is 0.196. The maximum Gasteiger partial charge on any atom is 0.303 e. The van der Waals surface area contributed by atoms with Crippen LogP contribution in [0.2, 0.25) is 0 Å². The van der Waals surface area contributed by atoms with Crippen molar-refractivity contribution in [3.8, 4) is 11.5 Å². The van der Waals surface area contributed by atoms with Crippen molar-refractivity contribution in [2.45, 2.75) is 112 Å². The van der Waals surface area contributed by atoms with Crippen LogP contribution in [-0.2, 0) is 11.2 Å².